The molecule has 1 saturated heterocycles. The van der Waals surface area contributed by atoms with Crippen molar-refractivity contribution >= 4 is 0 Å². The van der Waals surface area contributed by atoms with Gasteiger partial charge in [0.15, 0.2) is 0 Å². The normalized spacial score (nSPS) is 21.1. The number of nitrogens with one attached hydrogen (secondary N) is 2. The van der Waals surface area contributed by atoms with E-state index < -0.39 is 0 Å². The molecule has 0 bridgehead atoms. The number of benzene rings is 1. The lowest BCUT2D eigenvalue weighted by molar-refractivity contribution is 0.472. The Morgan fingerprint density at radius 1 is 1.29 bits per heavy atom. The second kappa shape index (κ2) is 6.77. The SMILES string of the molecule is Cc1cccc(CCNC2CCCNCC2)c1. The first-order valence-electron chi connectivity index (χ1n) is 6.84. The van der Waals surface area contributed by atoms with Gasteiger partial charge in [-0.25, -0.2) is 0 Å². The van der Waals surface area contributed by atoms with Gasteiger partial charge in [0.2, 0.25) is 0 Å². The average molecular weight is 232 g/mol. The Morgan fingerprint density at radius 2 is 2.24 bits per heavy atom. The molecule has 17 heavy (non-hydrogen) atoms. The first-order valence-corrected chi connectivity index (χ1v) is 6.84. The van der Waals surface area contributed by atoms with Crippen LogP contribution in [0, 0.1) is 6.92 Å². The first kappa shape index (κ1) is 12.6. The van der Waals surface area contributed by atoms with Crippen LogP contribution in [-0.4, -0.2) is 25.7 Å². The van der Waals surface area contributed by atoms with E-state index >= 15 is 0 Å². The fraction of sp³-hybridized carbons (Fsp3) is 0.600. The van der Waals surface area contributed by atoms with Gasteiger partial charge in [-0.15, -0.1) is 0 Å². The molecule has 1 aromatic rings. The van der Waals surface area contributed by atoms with Crippen LogP contribution in [0.3, 0.4) is 0 Å². The zero-order chi connectivity index (χ0) is 11.9. The lowest BCUT2D eigenvalue weighted by Crippen LogP contribution is -2.31. The van der Waals surface area contributed by atoms with Gasteiger partial charge < -0.3 is 10.6 Å². The zero-order valence-corrected chi connectivity index (χ0v) is 10.8. The second-order valence-corrected chi connectivity index (χ2v) is 5.07. The zero-order valence-electron chi connectivity index (χ0n) is 10.8. The third-order valence-electron chi connectivity index (χ3n) is 3.50. The van der Waals surface area contributed by atoms with Crippen molar-refractivity contribution in [3.05, 3.63) is 35.4 Å². The smallest absolute Gasteiger partial charge is 0.00797 e. The minimum Gasteiger partial charge on any atom is -0.317 e. The van der Waals surface area contributed by atoms with Crippen molar-refractivity contribution in [3.8, 4) is 0 Å². The van der Waals surface area contributed by atoms with Gasteiger partial charge in [0.05, 0.1) is 0 Å². The molecule has 1 aliphatic rings. The van der Waals surface area contributed by atoms with Crippen LogP contribution in [0.2, 0.25) is 0 Å². The highest BCUT2D eigenvalue weighted by atomic mass is 14.9. The molecule has 0 aliphatic carbocycles. The van der Waals surface area contributed by atoms with Gasteiger partial charge >= 0.3 is 0 Å². The van der Waals surface area contributed by atoms with Crippen LogP contribution in [0.4, 0.5) is 0 Å². The molecule has 1 unspecified atom stereocenters. The highest BCUT2D eigenvalue weighted by molar-refractivity contribution is 5.22. The molecule has 2 heteroatoms. The Kier molecular flexibility index (Phi) is 5.02. The van der Waals surface area contributed by atoms with Gasteiger partial charge in [0.25, 0.3) is 0 Å². The van der Waals surface area contributed by atoms with Crippen LogP contribution in [0.25, 0.3) is 0 Å². The molecule has 1 heterocycles. The van der Waals surface area contributed by atoms with E-state index in [0.717, 1.165) is 19.0 Å². The van der Waals surface area contributed by atoms with E-state index in [9.17, 15) is 0 Å². The molecule has 1 atom stereocenters. The van der Waals surface area contributed by atoms with E-state index in [0.29, 0.717) is 0 Å². The Balaban J connectivity index is 1.71. The quantitative estimate of drug-likeness (QED) is 0.832. The minimum atomic E-state index is 0.717. The van der Waals surface area contributed by atoms with E-state index in [1.807, 2.05) is 0 Å². The molecule has 0 aromatic heterocycles. The summed E-state index contributed by atoms with van der Waals surface area (Å²) < 4.78 is 0. The van der Waals surface area contributed by atoms with Crippen molar-refractivity contribution in [2.75, 3.05) is 19.6 Å². The van der Waals surface area contributed by atoms with Gasteiger partial charge in [0.1, 0.15) is 0 Å². The van der Waals surface area contributed by atoms with Crippen molar-refractivity contribution in [1.82, 2.24) is 10.6 Å². The van der Waals surface area contributed by atoms with Crippen LogP contribution in [0.1, 0.15) is 30.4 Å². The fourth-order valence-corrected chi connectivity index (χ4v) is 2.51. The van der Waals surface area contributed by atoms with Gasteiger partial charge in [-0.2, -0.15) is 0 Å². The van der Waals surface area contributed by atoms with Gasteiger partial charge in [-0.05, 0) is 57.8 Å². The minimum absolute atomic E-state index is 0.717. The fourth-order valence-electron chi connectivity index (χ4n) is 2.51. The van der Waals surface area contributed by atoms with E-state index in [4.69, 9.17) is 0 Å². The number of aryl methyl sites for hydroxylation is 1. The molecule has 2 N–H and O–H groups in total. The van der Waals surface area contributed by atoms with Crippen LogP contribution in [0.5, 0.6) is 0 Å². The van der Waals surface area contributed by atoms with Gasteiger partial charge in [-0.3, -0.25) is 0 Å². The van der Waals surface area contributed by atoms with Crippen molar-refractivity contribution in [3.63, 3.8) is 0 Å². The third kappa shape index (κ3) is 4.49. The molecule has 1 aromatic carbocycles. The number of hydrogen-bond acceptors (Lipinski definition) is 2. The molecule has 0 saturated carbocycles. The highest BCUT2D eigenvalue weighted by Gasteiger charge is 2.10. The lowest BCUT2D eigenvalue weighted by Gasteiger charge is -2.15. The summed E-state index contributed by atoms with van der Waals surface area (Å²) >= 11 is 0. The predicted octanol–water partition coefficient (Wildman–Crippen LogP) is 2.27. The molecule has 0 spiro atoms. The third-order valence-corrected chi connectivity index (χ3v) is 3.50. The van der Waals surface area contributed by atoms with Crippen molar-refractivity contribution < 1.29 is 0 Å². The Hall–Kier alpha value is -0.860. The van der Waals surface area contributed by atoms with Crippen LogP contribution < -0.4 is 10.6 Å². The summed E-state index contributed by atoms with van der Waals surface area (Å²) in [6.45, 7) is 5.63. The summed E-state index contributed by atoms with van der Waals surface area (Å²) in [4.78, 5) is 0. The summed E-state index contributed by atoms with van der Waals surface area (Å²) in [5.41, 5.74) is 2.81. The van der Waals surface area contributed by atoms with Gasteiger partial charge in [0, 0.05) is 6.04 Å². The molecule has 1 aliphatic heterocycles. The van der Waals surface area contributed by atoms with E-state index in [1.54, 1.807) is 0 Å². The summed E-state index contributed by atoms with van der Waals surface area (Å²) in [5, 5.41) is 7.14. The Labute approximate surface area is 105 Å². The molecular formula is C15H24N2. The monoisotopic (exact) mass is 232 g/mol. The van der Waals surface area contributed by atoms with Crippen LogP contribution in [-0.2, 0) is 6.42 Å². The lowest BCUT2D eigenvalue weighted by atomic mass is 10.1. The summed E-state index contributed by atoms with van der Waals surface area (Å²) in [6, 6.07) is 9.54. The molecular weight excluding hydrogens is 208 g/mol. The maximum atomic E-state index is 3.69. The highest BCUT2D eigenvalue weighted by Crippen LogP contribution is 2.07. The van der Waals surface area contributed by atoms with Crippen molar-refractivity contribution in [2.45, 2.75) is 38.6 Å². The topological polar surface area (TPSA) is 24.1 Å². The summed E-state index contributed by atoms with van der Waals surface area (Å²) in [6.07, 6.45) is 5.04. The van der Waals surface area contributed by atoms with Gasteiger partial charge in [-0.1, -0.05) is 29.8 Å². The standard InChI is InChI=1S/C15H24N2/c1-13-4-2-5-14(12-13)7-11-17-15-6-3-9-16-10-8-15/h2,4-5,12,15-17H,3,6-11H2,1H3. The molecule has 2 nitrogen and oxygen atoms in total. The average Bonchev–Trinajstić information content (AvgIpc) is 2.58. The van der Waals surface area contributed by atoms with Crippen LogP contribution >= 0.6 is 0 Å². The van der Waals surface area contributed by atoms with E-state index in [1.165, 1.54) is 43.5 Å². The van der Waals surface area contributed by atoms with Crippen molar-refractivity contribution in [2.24, 2.45) is 0 Å². The number of rotatable bonds is 4. The maximum Gasteiger partial charge on any atom is 0.00797 e. The predicted molar refractivity (Wildman–Crippen MR) is 73.4 cm³/mol. The molecule has 94 valence electrons. The second-order valence-electron chi connectivity index (χ2n) is 5.07. The molecule has 0 amide bonds. The Bertz CT molecular complexity index is 327. The van der Waals surface area contributed by atoms with E-state index in [-0.39, 0.29) is 0 Å². The maximum absolute atomic E-state index is 3.69. The van der Waals surface area contributed by atoms with Crippen LogP contribution in [0.15, 0.2) is 24.3 Å². The molecule has 2 rings (SSSR count). The summed E-state index contributed by atoms with van der Waals surface area (Å²) in [5.74, 6) is 0. The number of hydrogen-bond donors (Lipinski definition) is 2. The first-order chi connectivity index (χ1) is 8.34. The molecule has 0 radical (unpaired) electrons. The molecule has 1 fully saturated rings. The largest absolute Gasteiger partial charge is 0.317 e. The Morgan fingerprint density at radius 3 is 3.12 bits per heavy atom. The van der Waals surface area contributed by atoms with E-state index in [2.05, 4.69) is 41.8 Å². The van der Waals surface area contributed by atoms with Crippen molar-refractivity contribution in [1.29, 1.82) is 0 Å². The summed E-state index contributed by atoms with van der Waals surface area (Å²) in [7, 11) is 0.